The van der Waals surface area contributed by atoms with Gasteiger partial charge in [-0.15, -0.1) is 11.3 Å². The van der Waals surface area contributed by atoms with E-state index in [1.54, 1.807) is 11.3 Å². The molecule has 3 heteroatoms. The molecule has 1 nitrogen and oxygen atoms in total. The third-order valence-corrected chi connectivity index (χ3v) is 5.06. The maximum atomic E-state index is 10.4. The molecule has 16 heavy (non-hydrogen) atoms. The molecule has 1 aliphatic rings. The normalized spacial score (nSPS) is 21.7. The molecule has 0 saturated carbocycles. The second-order valence-corrected chi connectivity index (χ2v) is 6.08. The number of aliphatic hydroxyl groups excluding tert-OH is 1. The van der Waals surface area contributed by atoms with Crippen molar-refractivity contribution in [3.05, 3.63) is 44.3 Å². The van der Waals surface area contributed by atoms with Gasteiger partial charge in [-0.05, 0) is 58.7 Å². The van der Waals surface area contributed by atoms with Gasteiger partial charge < -0.3 is 5.11 Å². The van der Waals surface area contributed by atoms with Crippen LogP contribution in [-0.4, -0.2) is 5.11 Å². The summed E-state index contributed by atoms with van der Waals surface area (Å²) in [5, 5.41) is 16.7. The van der Waals surface area contributed by atoms with Crippen LogP contribution in [0.1, 0.15) is 40.9 Å². The summed E-state index contributed by atoms with van der Waals surface area (Å²) in [6.45, 7) is 0. The molecule has 0 fully saturated rings. The van der Waals surface area contributed by atoms with Crippen LogP contribution in [0.3, 0.4) is 0 Å². The molecule has 2 aromatic rings. The number of aliphatic hydroxyl groups is 1. The highest BCUT2D eigenvalue weighted by atomic mass is 32.1. The Morgan fingerprint density at radius 1 is 1.31 bits per heavy atom. The van der Waals surface area contributed by atoms with Crippen LogP contribution in [0.15, 0.2) is 28.3 Å². The van der Waals surface area contributed by atoms with Gasteiger partial charge in [-0.25, -0.2) is 0 Å². The van der Waals surface area contributed by atoms with E-state index in [1.807, 2.05) is 22.8 Å². The molecular formula is C13H14OS2. The molecule has 0 aromatic carbocycles. The van der Waals surface area contributed by atoms with Gasteiger partial charge in [-0.3, -0.25) is 0 Å². The van der Waals surface area contributed by atoms with Gasteiger partial charge >= 0.3 is 0 Å². The van der Waals surface area contributed by atoms with Crippen molar-refractivity contribution in [2.75, 3.05) is 0 Å². The fourth-order valence-electron chi connectivity index (χ4n) is 2.53. The van der Waals surface area contributed by atoms with Crippen molar-refractivity contribution in [3.8, 4) is 0 Å². The monoisotopic (exact) mass is 250 g/mol. The molecule has 2 heterocycles. The fourth-order valence-corrected chi connectivity index (χ4v) is 4.21. The molecule has 0 spiro atoms. The number of hydrogen-bond donors (Lipinski definition) is 1. The van der Waals surface area contributed by atoms with Crippen molar-refractivity contribution in [2.45, 2.75) is 31.3 Å². The number of aryl methyl sites for hydroxylation is 1. The quantitative estimate of drug-likeness (QED) is 0.855. The molecule has 2 unspecified atom stereocenters. The van der Waals surface area contributed by atoms with Gasteiger partial charge in [0.1, 0.15) is 0 Å². The minimum absolute atomic E-state index is 0.310. The van der Waals surface area contributed by atoms with Gasteiger partial charge in [-0.1, -0.05) is 0 Å². The SMILES string of the molecule is OC(c1ccsc1)C1CCCc2sccc21. The Morgan fingerprint density at radius 3 is 3.06 bits per heavy atom. The molecule has 84 valence electrons. The zero-order chi connectivity index (χ0) is 11.0. The Hall–Kier alpha value is -0.640. The number of thiophene rings is 2. The first-order valence-corrected chi connectivity index (χ1v) is 7.45. The molecule has 2 aromatic heterocycles. The number of hydrogen-bond acceptors (Lipinski definition) is 3. The molecule has 1 N–H and O–H groups in total. The smallest absolute Gasteiger partial charge is 0.0866 e. The summed E-state index contributed by atoms with van der Waals surface area (Å²) in [7, 11) is 0. The Morgan fingerprint density at radius 2 is 2.25 bits per heavy atom. The van der Waals surface area contributed by atoms with E-state index in [-0.39, 0.29) is 6.10 Å². The van der Waals surface area contributed by atoms with Crippen molar-refractivity contribution in [1.29, 1.82) is 0 Å². The fraction of sp³-hybridized carbons (Fsp3) is 0.385. The summed E-state index contributed by atoms with van der Waals surface area (Å²) in [6, 6.07) is 4.23. The van der Waals surface area contributed by atoms with E-state index in [1.165, 1.54) is 23.3 Å². The largest absolute Gasteiger partial charge is 0.388 e. The molecule has 0 radical (unpaired) electrons. The van der Waals surface area contributed by atoms with Crippen LogP contribution in [0.2, 0.25) is 0 Å². The van der Waals surface area contributed by atoms with Crippen molar-refractivity contribution in [3.63, 3.8) is 0 Å². The van der Waals surface area contributed by atoms with Gasteiger partial charge in [0.15, 0.2) is 0 Å². The lowest BCUT2D eigenvalue weighted by molar-refractivity contribution is 0.137. The summed E-state index contributed by atoms with van der Waals surface area (Å²) in [5.74, 6) is 0.310. The number of rotatable bonds is 2. The molecule has 3 rings (SSSR count). The van der Waals surface area contributed by atoms with Crippen LogP contribution in [0.5, 0.6) is 0 Å². The molecule has 0 aliphatic heterocycles. The standard InChI is InChI=1S/C13H14OS2/c14-13(9-4-6-15-8-9)11-2-1-3-12-10(11)5-7-16-12/h4-8,11,13-14H,1-3H2. The van der Waals surface area contributed by atoms with Crippen LogP contribution in [-0.2, 0) is 6.42 Å². The van der Waals surface area contributed by atoms with E-state index in [9.17, 15) is 5.11 Å². The third-order valence-electron chi connectivity index (χ3n) is 3.36. The summed E-state index contributed by atoms with van der Waals surface area (Å²) < 4.78 is 0. The summed E-state index contributed by atoms with van der Waals surface area (Å²) in [5.41, 5.74) is 2.46. The van der Waals surface area contributed by atoms with Gasteiger partial charge in [-0.2, -0.15) is 11.3 Å². The summed E-state index contributed by atoms with van der Waals surface area (Å²) in [6.07, 6.45) is 3.19. The lowest BCUT2D eigenvalue weighted by atomic mass is 9.82. The highest BCUT2D eigenvalue weighted by Gasteiger charge is 2.28. The highest BCUT2D eigenvalue weighted by molar-refractivity contribution is 7.10. The summed E-state index contributed by atoms with van der Waals surface area (Å²) in [4.78, 5) is 1.48. The van der Waals surface area contributed by atoms with E-state index < -0.39 is 0 Å². The Kier molecular flexibility index (Phi) is 2.84. The van der Waals surface area contributed by atoms with Crippen LogP contribution in [0, 0.1) is 0 Å². The van der Waals surface area contributed by atoms with Gasteiger partial charge in [0.05, 0.1) is 6.10 Å². The van der Waals surface area contributed by atoms with Crippen molar-refractivity contribution in [1.82, 2.24) is 0 Å². The molecule has 0 amide bonds. The Labute approximate surface area is 103 Å². The maximum Gasteiger partial charge on any atom is 0.0866 e. The zero-order valence-corrected chi connectivity index (χ0v) is 10.6. The first kappa shape index (κ1) is 10.5. The summed E-state index contributed by atoms with van der Waals surface area (Å²) >= 11 is 3.49. The minimum Gasteiger partial charge on any atom is -0.388 e. The maximum absolute atomic E-state index is 10.4. The second-order valence-electron chi connectivity index (χ2n) is 4.30. The van der Waals surface area contributed by atoms with Crippen molar-refractivity contribution in [2.24, 2.45) is 0 Å². The minimum atomic E-state index is -0.320. The Bertz CT molecular complexity index is 458. The lowest BCUT2D eigenvalue weighted by Crippen LogP contribution is -2.15. The predicted molar refractivity (Wildman–Crippen MR) is 69.3 cm³/mol. The first-order chi connectivity index (χ1) is 7.86. The average molecular weight is 250 g/mol. The highest BCUT2D eigenvalue weighted by Crippen LogP contribution is 2.42. The van der Waals surface area contributed by atoms with Crippen LogP contribution in [0.4, 0.5) is 0 Å². The average Bonchev–Trinajstić information content (AvgIpc) is 2.98. The van der Waals surface area contributed by atoms with Crippen LogP contribution < -0.4 is 0 Å². The van der Waals surface area contributed by atoms with E-state index in [0.29, 0.717) is 5.92 Å². The molecule has 0 bridgehead atoms. The molecule has 0 saturated heterocycles. The van der Waals surface area contributed by atoms with E-state index in [4.69, 9.17) is 0 Å². The van der Waals surface area contributed by atoms with Gasteiger partial charge in [0.2, 0.25) is 0 Å². The van der Waals surface area contributed by atoms with E-state index in [0.717, 1.165) is 12.0 Å². The van der Waals surface area contributed by atoms with E-state index >= 15 is 0 Å². The zero-order valence-electron chi connectivity index (χ0n) is 8.93. The molecule has 2 atom stereocenters. The van der Waals surface area contributed by atoms with Gasteiger partial charge in [0, 0.05) is 10.8 Å². The van der Waals surface area contributed by atoms with Crippen LogP contribution in [0.25, 0.3) is 0 Å². The van der Waals surface area contributed by atoms with Crippen molar-refractivity contribution >= 4 is 22.7 Å². The second kappa shape index (κ2) is 4.32. The van der Waals surface area contributed by atoms with Crippen molar-refractivity contribution < 1.29 is 5.11 Å². The molecule has 1 aliphatic carbocycles. The van der Waals surface area contributed by atoms with Gasteiger partial charge in [0.25, 0.3) is 0 Å². The topological polar surface area (TPSA) is 20.2 Å². The third kappa shape index (κ3) is 1.73. The lowest BCUT2D eigenvalue weighted by Gasteiger charge is -2.26. The number of fused-ring (bicyclic) bond motifs is 1. The Balaban J connectivity index is 1.92. The van der Waals surface area contributed by atoms with E-state index in [2.05, 4.69) is 16.8 Å². The van der Waals surface area contributed by atoms with Crippen LogP contribution >= 0.6 is 22.7 Å². The molecular weight excluding hydrogens is 236 g/mol. The predicted octanol–water partition coefficient (Wildman–Crippen LogP) is 3.96. The first-order valence-electron chi connectivity index (χ1n) is 5.62.